The molecule has 0 saturated carbocycles. The zero-order valence-electron chi connectivity index (χ0n) is 19.3. The fourth-order valence-corrected chi connectivity index (χ4v) is 5.17. The number of carbonyl (C=O) groups excluding carboxylic acids is 2. The minimum absolute atomic E-state index is 0.153. The second kappa shape index (κ2) is 9.38. The summed E-state index contributed by atoms with van der Waals surface area (Å²) in [5.41, 5.74) is 1.25. The van der Waals surface area contributed by atoms with Crippen molar-refractivity contribution in [1.29, 1.82) is 0 Å². The lowest BCUT2D eigenvalue weighted by molar-refractivity contribution is -0.138. The van der Waals surface area contributed by atoms with Crippen LogP contribution < -0.4 is 4.90 Å². The molecule has 11 heteroatoms. The van der Waals surface area contributed by atoms with E-state index >= 15 is 0 Å². The minimum Gasteiger partial charge on any atom is -0.348 e. The Morgan fingerprint density at radius 1 is 1.03 bits per heavy atom. The molecule has 2 aliphatic rings. The van der Waals surface area contributed by atoms with Gasteiger partial charge in [-0.3, -0.25) is 9.59 Å². The van der Waals surface area contributed by atoms with Crippen LogP contribution in [-0.2, 0) is 12.7 Å². The van der Waals surface area contributed by atoms with Gasteiger partial charge in [-0.05, 0) is 35.4 Å². The summed E-state index contributed by atoms with van der Waals surface area (Å²) in [6.45, 7) is 2.06. The second-order valence-electron chi connectivity index (χ2n) is 8.76. The molecule has 3 aromatic rings. The maximum absolute atomic E-state index is 13.4. The number of halogens is 3. The largest absolute Gasteiger partial charge is 0.417 e. The number of benzene rings is 1. The van der Waals surface area contributed by atoms with Crippen molar-refractivity contribution in [3.8, 4) is 0 Å². The van der Waals surface area contributed by atoms with E-state index in [0.717, 1.165) is 22.2 Å². The van der Waals surface area contributed by atoms with Gasteiger partial charge in [-0.1, -0.05) is 12.1 Å². The van der Waals surface area contributed by atoms with Crippen LogP contribution in [0.1, 0.15) is 31.3 Å². The number of nitrogens with zero attached hydrogens (tertiary/aromatic N) is 5. The van der Waals surface area contributed by atoms with Gasteiger partial charge in [-0.15, -0.1) is 11.3 Å². The Morgan fingerprint density at radius 3 is 2.36 bits per heavy atom. The Kier molecular flexibility index (Phi) is 6.25. The summed E-state index contributed by atoms with van der Waals surface area (Å²) in [6, 6.07) is 8.40. The highest BCUT2D eigenvalue weighted by molar-refractivity contribution is 7.09. The predicted molar refractivity (Wildman–Crippen MR) is 129 cm³/mol. The standard InChI is InChI=1S/C25H22F3N5O2S/c1-31(15-22-29-8-9-36-22)23(34)16-6-7-21(30-10-16)32-11-17-13-33(14-18(17)12-32)24(35)19-4-2-3-5-20(19)25(26,27)28/h2-10H,11-15H2,1H3. The average Bonchev–Trinajstić information content (AvgIpc) is 3.60. The predicted octanol–water partition coefficient (Wildman–Crippen LogP) is 4.10. The van der Waals surface area contributed by atoms with Gasteiger partial charge in [0.15, 0.2) is 0 Å². The van der Waals surface area contributed by atoms with Crippen molar-refractivity contribution >= 4 is 29.0 Å². The number of pyridine rings is 1. The third kappa shape index (κ3) is 4.70. The normalized spacial score (nSPS) is 15.4. The first-order valence-electron chi connectivity index (χ1n) is 11.2. The van der Waals surface area contributed by atoms with Crippen LogP contribution in [0.25, 0.3) is 0 Å². The third-order valence-electron chi connectivity index (χ3n) is 6.30. The molecule has 0 spiro atoms. The van der Waals surface area contributed by atoms with Crippen molar-refractivity contribution < 1.29 is 22.8 Å². The van der Waals surface area contributed by atoms with Crippen molar-refractivity contribution in [2.24, 2.45) is 0 Å². The highest BCUT2D eigenvalue weighted by atomic mass is 32.1. The van der Waals surface area contributed by atoms with E-state index in [-0.39, 0.29) is 24.6 Å². The Labute approximate surface area is 209 Å². The second-order valence-corrected chi connectivity index (χ2v) is 9.74. The molecule has 5 rings (SSSR count). The molecule has 7 nitrogen and oxygen atoms in total. The van der Waals surface area contributed by atoms with E-state index in [1.807, 2.05) is 10.3 Å². The topological polar surface area (TPSA) is 69.6 Å². The summed E-state index contributed by atoms with van der Waals surface area (Å²) in [5, 5.41) is 2.71. The van der Waals surface area contributed by atoms with Gasteiger partial charge in [-0.2, -0.15) is 13.2 Å². The smallest absolute Gasteiger partial charge is 0.348 e. The van der Waals surface area contributed by atoms with Crippen molar-refractivity contribution in [2.45, 2.75) is 12.7 Å². The Morgan fingerprint density at radius 2 is 1.75 bits per heavy atom. The van der Waals surface area contributed by atoms with Gasteiger partial charge in [0.1, 0.15) is 10.8 Å². The summed E-state index contributed by atoms with van der Waals surface area (Å²) in [4.78, 5) is 39.3. The molecule has 2 aromatic heterocycles. The van der Waals surface area contributed by atoms with Crippen LogP contribution in [0.3, 0.4) is 0 Å². The summed E-state index contributed by atoms with van der Waals surface area (Å²) < 4.78 is 40.1. The molecule has 36 heavy (non-hydrogen) atoms. The van der Waals surface area contributed by atoms with Gasteiger partial charge >= 0.3 is 6.18 Å². The Balaban J connectivity index is 1.20. The van der Waals surface area contributed by atoms with E-state index in [0.29, 0.717) is 31.0 Å². The molecule has 2 aliphatic heterocycles. The van der Waals surface area contributed by atoms with Crippen LogP contribution in [0, 0.1) is 0 Å². The van der Waals surface area contributed by atoms with Gasteiger partial charge in [0, 0.05) is 51.0 Å². The zero-order chi connectivity index (χ0) is 25.4. The number of alkyl halides is 3. The fourth-order valence-electron chi connectivity index (χ4n) is 4.50. The summed E-state index contributed by atoms with van der Waals surface area (Å²) >= 11 is 1.49. The van der Waals surface area contributed by atoms with E-state index in [1.165, 1.54) is 34.4 Å². The van der Waals surface area contributed by atoms with E-state index in [9.17, 15) is 22.8 Å². The molecule has 0 radical (unpaired) electrons. The molecular weight excluding hydrogens is 491 g/mol. The summed E-state index contributed by atoms with van der Waals surface area (Å²) in [7, 11) is 1.72. The SMILES string of the molecule is CN(Cc1nccs1)C(=O)c1ccc(N2CC3=C(CN(C(=O)c4ccccc4C(F)(F)F)C3)C2)nc1. The van der Waals surface area contributed by atoms with Gasteiger partial charge in [0.25, 0.3) is 11.8 Å². The number of carbonyl (C=O) groups is 2. The fraction of sp³-hybridized carbons (Fsp3) is 0.280. The number of amides is 2. The average molecular weight is 514 g/mol. The minimum atomic E-state index is -4.59. The lowest BCUT2D eigenvalue weighted by Gasteiger charge is -2.25. The van der Waals surface area contributed by atoms with Gasteiger partial charge in [0.05, 0.1) is 23.2 Å². The van der Waals surface area contributed by atoms with Gasteiger partial charge in [-0.25, -0.2) is 9.97 Å². The maximum atomic E-state index is 13.4. The number of hydrogen-bond donors (Lipinski definition) is 0. The van der Waals surface area contributed by atoms with Crippen LogP contribution in [0.2, 0.25) is 0 Å². The highest BCUT2D eigenvalue weighted by Gasteiger charge is 2.38. The Hall–Kier alpha value is -3.73. The molecule has 4 heterocycles. The van der Waals surface area contributed by atoms with Crippen LogP contribution in [0.4, 0.5) is 19.0 Å². The van der Waals surface area contributed by atoms with Crippen molar-refractivity contribution in [3.63, 3.8) is 0 Å². The lowest BCUT2D eigenvalue weighted by Crippen LogP contribution is -2.35. The number of aromatic nitrogens is 2. The molecule has 0 saturated heterocycles. The van der Waals surface area contributed by atoms with E-state index in [4.69, 9.17) is 0 Å². The number of rotatable bonds is 5. The van der Waals surface area contributed by atoms with E-state index in [2.05, 4.69) is 9.97 Å². The first-order chi connectivity index (χ1) is 17.2. The highest BCUT2D eigenvalue weighted by Crippen LogP contribution is 2.34. The zero-order valence-corrected chi connectivity index (χ0v) is 20.1. The number of hydrogen-bond acceptors (Lipinski definition) is 6. The molecule has 0 aliphatic carbocycles. The summed E-state index contributed by atoms with van der Waals surface area (Å²) in [5.74, 6) is -0.0739. The molecule has 0 fully saturated rings. The monoisotopic (exact) mass is 513 g/mol. The summed E-state index contributed by atoms with van der Waals surface area (Å²) in [6.07, 6.45) is -1.34. The first kappa shape index (κ1) is 24.0. The van der Waals surface area contributed by atoms with Crippen LogP contribution in [-0.4, -0.2) is 64.8 Å². The molecular formula is C25H22F3N5O2S. The molecule has 0 atom stereocenters. The van der Waals surface area contributed by atoms with Crippen molar-refractivity contribution in [1.82, 2.24) is 19.8 Å². The molecule has 0 unspecified atom stereocenters. The maximum Gasteiger partial charge on any atom is 0.417 e. The number of anilines is 1. The third-order valence-corrected chi connectivity index (χ3v) is 7.06. The Bertz CT molecular complexity index is 1300. The molecule has 0 bridgehead atoms. The van der Waals surface area contributed by atoms with Gasteiger partial charge in [0.2, 0.25) is 0 Å². The van der Waals surface area contributed by atoms with Crippen molar-refractivity contribution in [3.05, 3.63) is 87.0 Å². The van der Waals surface area contributed by atoms with Crippen LogP contribution in [0.15, 0.2) is 65.3 Å². The van der Waals surface area contributed by atoms with E-state index in [1.54, 1.807) is 36.5 Å². The van der Waals surface area contributed by atoms with Gasteiger partial charge < -0.3 is 14.7 Å². The molecule has 0 N–H and O–H groups in total. The van der Waals surface area contributed by atoms with Crippen LogP contribution >= 0.6 is 11.3 Å². The van der Waals surface area contributed by atoms with E-state index < -0.39 is 17.6 Å². The van der Waals surface area contributed by atoms with Crippen LogP contribution in [0.5, 0.6) is 0 Å². The molecule has 186 valence electrons. The quantitative estimate of drug-likeness (QED) is 0.481. The number of thiazole rings is 1. The molecule has 1 aromatic carbocycles. The first-order valence-corrected chi connectivity index (χ1v) is 12.1. The van der Waals surface area contributed by atoms with Crippen molar-refractivity contribution in [2.75, 3.05) is 38.1 Å². The lowest BCUT2D eigenvalue weighted by atomic mass is 10.1. The molecule has 2 amide bonds.